The van der Waals surface area contributed by atoms with Gasteiger partial charge in [-0.1, -0.05) is 19.3 Å². The number of aliphatic hydroxyl groups excluding tert-OH is 1. The van der Waals surface area contributed by atoms with Gasteiger partial charge in [-0.05, 0) is 18.9 Å². The Morgan fingerprint density at radius 3 is 2.75 bits per heavy atom. The Kier molecular flexibility index (Phi) is 3.96. The third-order valence-electron chi connectivity index (χ3n) is 3.51. The molecule has 1 aliphatic rings. The number of hydrogen-bond donors (Lipinski definition) is 2. The van der Waals surface area contributed by atoms with E-state index in [2.05, 4.69) is 10.4 Å². The molecule has 0 saturated heterocycles. The Morgan fingerprint density at radius 1 is 1.31 bits per heavy atom. The lowest BCUT2D eigenvalue weighted by Crippen LogP contribution is -2.50. The van der Waals surface area contributed by atoms with E-state index < -0.39 is 0 Å². The largest absolute Gasteiger partial charge is 0.394 e. The Labute approximate surface area is 96.7 Å². The smallest absolute Gasteiger partial charge is 0.0613 e. The van der Waals surface area contributed by atoms with Gasteiger partial charge in [-0.25, -0.2) is 0 Å². The second-order valence-electron chi connectivity index (χ2n) is 4.70. The number of aromatic nitrogens is 2. The molecule has 0 aliphatic heterocycles. The van der Waals surface area contributed by atoms with E-state index in [0.717, 1.165) is 25.9 Å². The van der Waals surface area contributed by atoms with Gasteiger partial charge in [0.15, 0.2) is 0 Å². The molecule has 0 bridgehead atoms. The van der Waals surface area contributed by atoms with Crippen molar-refractivity contribution in [3.8, 4) is 0 Å². The molecule has 1 saturated carbocycles. The van der Waals surface area contributed by atoms with Crippen LogP contribution in [0.2, 0.25) is 0 Å². The molecule has 1 aromatic rings. The molecule has 4 nitrogen and oxygen atoms in total. The van der Waals surface area contributed by atoms with Gasteiger partial charge in [0.25, 0.3) is 0 Å². The summed E-state index contributed by atoms with van der Waals surface area (Å²) in [6.45, 7) is 2.00. The van der Waals surface area contributed by atoms with E-state index in [-0.39, 0.29) is 12.1 Å². The van der Waals surface area contributed by atoms with Crippen LogP contribution in [0.15, 0.2) is 18.5 Å². The lowest BCUT2D eigenvalue weighted by atomic mass is 9.82. The molecule has 1 fully saturated rings. The van der Waals surface area contributed by atoms with Crippen LogP contribution < -0.4 is 5.32 Å². The summed E-state index contributed by atoms with van der Waals surface area (Å²) in [7, 11) is 0. The molecule has 2 rings (SSSR count). The van der Waals surface area contributed by atoms with Crippen LogP contribution in [0.1, 0.15) is 32.1 Å². The minimum atomic E-state index is -0.0224. The molecule has 0 radical (unpaired) electrons. The summed E-state index contributed by atoms with van der Waals surface area (Å²) in [6.07, 6.45) is 9.73. The normalized spacial score (nSPS) is 19.8. The van der Waals surface area contributed by atoms with Gasteiger partial charge < -0.3 is 10.4 Å². The molecule has 0 spiro atoms. The van der Waals surface area contributed by atoms with Crippen LogP contribution in [0.5, 0.6) is 0 Å². The average molecular weight is 223 g/mol. The topological polar surface area (TPSA) is 50.1 Å². The Bertz CT molecular complexity index is 291. The van der Waals surface area contributed by atoms with Crippen molar-refractivity contribution in [2.75, 3.05) is 13.2 Å². The highest BCUT2D eigenvalue weighted by atomic mass is 16.3. The second-order valence-corrected chi connectivity index (χ2v) is 4.70. The van der Waals surface area contributed by atoms with E-state index in [0.29, 0.717) is 0 Å². The Morgan fingerprint density at radius 2 is 2.12 bits per heavy atom. The van der Waals surface area contributed by atoms with Crippen molar-refractivity contribution >= 4 is 0 Å². The molecular formula is C12H21N3O. The van der Waals surface area contributed by atoms with Crippen molar-refractivity contribution in [3.05, 3.63) is 18.5 Å². The SMILES string of the molecule is OCC1(NCCn2cccn2)CCCCC1. The molecule has 1 aliphatic carbocycles. The lowest BCUT2D eigenvalue weighted by molar-refractivity contribution is 0.120. The van der Waals surface area contributed by atoms with Gasteiger partial charge in [0.05, 0.1) is 13.2 Å². The predicted octanol–water partition coefficient (Wildman–Crippen LogP) is 1.17. The summed E-state index contributed by atoms with van der Waals surface area (Å²) in [6, 6.07) is 1.93. The molecule has 2 N–H and O–H groups in total. The number of nitrogens with one attached hydrogen (secondary N) is 1. The number of nitrogens with zero attached hydrogens (tertiary/aromatic N) is 2. The monoisotopic (exact) mass is 223 g/mol. The van der Waals surface area contributed by atoms with Gasteiger partial charge in [-0.3, -0.25) is 4.68 Å². The van der Waals surface area contributed by atoms with Crippen LogP contribution >= 0.6 is 0 Å². The molecule has 16 heavy (non-hydrogen) atoms. The van der Waals surface area contributed by atoms with Crippen LogP contribution in [0.25, 0.3) is 0 Å². The fourth-order valence-electron chi connectivity index (χ4n) is 2.49. The Hall–Kier alpha value is -0.870. The first-order valence-corrected chi connectivity index (χ1v) is 6.18. The van der Waals surface area contributed by atoms with Crippen molar-refractivity contribution in [2.24, 2.45) is 0 Å². The minimum Gasteiger partial charge on any atom is -0.394 e. The van der Waals surface area contributed by atoms with Crippen molar-refractivity contribution in [1.29, 1.82) is 0 Å². The van der Waals surface area contributed by atoms with Crippen LogP contribution in [-0.4, -0.2) is 33.6 Å². The maximum Gasteiger partial charge on any atom is 0.0613 e. The predicted molar refractivity (Wildman–Crippen MR) is 63.1 cm³/mol. The number of aliphatic hydroxyl groups is 1. The quantitative estimate of drug-likeness (QED) is 0.788. The molecule has 1 aromatic heterocycles. The second kappa shape index (κ2) is 5.46. The van der Waals surface area contributed by atoms with Gasteiger partial charge in [-0.15, -0.1) is 0 Å². The Balaban J connectivity index is 1.78. The zero-order chi connectivity index (χ0) is 11.3. The first-order chi connectivity index (χ1) is 7.85. The van der Waals surface area contributed by atoms with Crippen LogP contribution in [0, 0.1) is 0 Å². The third-order valence-corrected chi connectivity index (χ3v) is 3.51. The van der Waals surface area contributed by atoms with Gasteiger partial charge >= 0.3 is 0 Å². The molecular weight excluding hydrogens is 202 g/mol. The zero-order valence-corrected chi connectivity index (χ0v) is 9.73. The van der Waals surface area contributed by atoms with Crippen molar-refractivity contribution < 1.29 is 5.11 Å². The van der Waals surface area contributed by atoms with E-state index in [1.807, 2.05) is 16.9 Å². The van der Waals surface area contributed by atoms with Gasteiger partial charge in [0.2, 0.25) is 0 Å². The lowest BCUT2D eigenvalue weighted by Gasteiger charge is -2.36. The maximum atomic E-state index is 9.51. The molecule has 0 aromatic carbocycles. The molecule has 0 unspecified atom stereocenters. The highest BCUT2D eigenvalue weighted by Gasteiger charge is 2.30. The molecule has 90 valence electrons. The molecule has 0 amide bonds. The zero-order valence-electron chi connectivity index (χ0n) is 9.73. The van der Waals surface area contributed by atoms with Crippen LogP contribution in [0.3, 0.4) is 0 Å². The fourth-order valence-corrected chi connectivity index (χ4v) is 2.49. The van der Waals surface area contributed by atoms with Crippen molar-refractivity contribution in [2.45, 2.75) is 44.2 Å². The minimum absolute atomic E-state index is 0.0224. The highest BCUT2D eigenvalue weighted by Crippen LogP contribution is 2.27. The third kappa shape index (κ3) is 2.83. The summed E-state index contributed by atoms with van der Waals surface area (Å²) in [4.78, 5) is 0. The molecule has 4 heteroatoms. The number of hydrogen-bond acceptors (Lipinski definition) is 3. The van der Waals surface area contributed by atoms with E-state index in [4.69, 9.17) is 0 Å². The summed E-state index contributed by atoms with van der Waals surface area (Å²) < 4.78 is 1.92. The van der Waals surface area contributed by atoms with E-state index in [1.54, 1.807) is 6.20 Å². The summed E-state index contributed by atoms with van der Waals surface area (Å²) in [5, 5.41) is 17.2. The van der Waals surface area contributed by atoms with E-state index >= 15 is 0 Å². The van der Waals surface area contributed by atoms with E-state index in [9.17, 15) is 5.11 Å². The average Bonchev–Trinajstić information content (AvgIpc) is 2.83. The maximum absolute atomic E-state index is 9.51. The summed E-state index contributed by atoms with van der Waals surface area (Å²) >= 11 is 0. The molecule has 0 atom stereocenters. The standard InChI is InChI=1S/C12H21N3O/c16-11-12(5-2-1-3-6-12)13-8-10-15-9-4-7-14-15/h4,7,9,13,16H,1-3,5-6,8,10-11H2. The summed E-state index contributed by atoms with van der Waals surface area (Å²) in [5.74, 6) is 0. The fraction of sp³-hybridized carbons (Fsp3) is 0.750. The summed E-state index contributed by atoms with van der Waals surface area (Å²) in [5.41, 5.74) is -0.0224. The number of rotatable bonds is 5. The first kappa shape index (κ1) is 11.6. The molecule has 1 heterocycles. The van der Waals surface area contributed by atoms with Crippen molar-refractivity contribution in [1.82, 2.24) is 15.1 Å². The van der Waals surface area contributed by atoms with Gasteiger partial charge in [0, 0.05) is 24.5 Å². The first-order valence-electron chi connectivity index (χ1n) is 6.18. The van der Waals surface area contributed by atoms with Crippen molar-refractivity contribution in [3.63, 3.8) is 0 Å². The van der Waals surface area contributed by atoms with Gasteiger partial charge in [-0.2, -0.15) is 5.10 Å². The highest BCUT2D eigenvalue weighted by molar-refractivity contribution is 4.90. The van der Waals surface area contributed by atoms with Gasteiger partial charge in [0.1, 0.15) is 0 Å². The van der Waals surface area contributed by atoms with Crippen LogP contribution in [0.4, 0.5) is 0 Å². The van der Waals surface area contributed by atoms with Crippen LogP contribution in [-0.2, 0) is 6.54 Å². The van der Waals surface area contributed by atoms with E-state index in [1.165, 1.54) is 19.3 Å².